The molecule has 0 saturated carbocycles. The third-order valence-electron chi connectivity index (χ3n) is 3.25. The summed E-state index contributed by atoms with van der Waals surface area (Å²) in [5, 5.41) is 13.3. The second-order valence-corrected chi connectivity index (χ2v) is 5.52. The van der Waals surface area contributed by atoms with Crippen molar-refractivity contribution < 1.29 is 18.4 Å². The van der Waals surface area contributed by atoms with Crippen LogP contribution in [0.5, 0.6) is 0 Å². The van der Waals surface area contributed by atoms with Crippen LogP contribution in [0.15, 0.2) is 51.5 Å². The average molecular weight is 366 g/mol. The molecule has 6 heteroatoms. The highest BCUT2D eigenvalue weighted by Crippen LogP contribution is 2.35. The minimum absolute atomic E-state index is 0.0315. The van der Waals surface area contributed by atoms with Crippen molar-refractivity contribution in [1.29, 1.82) is 0 Å². The number of hydrogen-bond donors (Lipinski definition) is 1. The zero-order chi connectivity index (χ0) is 15.7. The molecule has 3 rings (SSSR count). The molecule has 1 heterocycles. The number of aromatic nitrogens is 1. The number of nitrogens with zero attached hydrogens (tertiary/aromatic N) is 1. The first-order valence-corrected chi connectivity index (χ1v) is 7.21. The van der Waals surface area contributed by atoms with Gasteiger partial charge in [0.05, 0.1) is 17.7 Å². The lowest BCUT2D eigenvalue weighted by molar-refractivity contribution is 0.281. The van der Waals surface area contributed by atoms with Crippen LogP contribution < -0.4 is 0 Å². The van der Waals surface area contributed by atoms with Crippen LogP contribution in [-0.4, -0.2) is 10.3 Å². The first kappa shape index (κ1) is 14.9. The molecule has 2 aromatic carbocycles. The largest absolute Gasteiger partial charge is 0.391 e. The second kappa shape index (κ2) is 5.98. The van der Waals surface area contributed by atoms with Crippen LogP contribution in [0.1, 0.15) is 5.56 Å². The SMILES string of the molecule is OCc1c(-c2c(F)cccc2F)noc1-c1ccc(Br)cc1. The molecule has 0 bridgehead atoms. The molecule has 0 fully saturated rings. The van der Waals surface area contributed by atoms with E-state index in [0.29, 0.717) is 5.56 Å². The third-order valence-corrected chi connectivity index (χ3v) is 3.78. The van der Waals surface area contributed by atoms with Gasteiger partial charge in [-0.1, -0.05) is 39.3 Å². The number of aliphatic hydroxyl groups excluding tert-OH is 1. The summed E-state index contributed by atoms with van der Waals surface area (Å²) in [6.45, 7) is -0.446. The van der Waals surface area contributed by atoms with E-state index in [-0.39, 0.29) is 22.6 Å². The summed E-state index contributed by atoms with van der Waals surface area (Å²) in [4.78, 5) is 0. The van der Waals surface area contributed by atoms with Crippen molar-refractivity contribution in [2.75, 3.05) is 0 Å². The molecule has 112 valence electrons. The van der Waals surface area contributed by atoms with E-state index < -0.39 is 18.2 Å². The predicted octanol–water partition coefficient (Wildman–Crippen LogP) is 4.54. The summed E-state index contributed by atoms with van der Waals surface area (Å²) >= 11 is 3.32. The summed E-state index contributed by atoms with van der Waals surface area (Å²) in [6, 6.07) is 10.6. The Morgan fingerprint density at radius 2 is 1.68 bits per heavy atom. The molecule has 0 aliphatic heterocycles. The number of aliphatic hydroxyl groups is 1. The van der Waals surface area contributed by atoms with Gasteiger partial charge >= 0.3 is 0 Å². The highest BCUT2D eigenvalue weighted by molar-refractivity contribution is 9.10. The molecule has 22 heavy (non-hydrogen) atoms. The summed E-state index contributed by atoms with van der Waals surface area (Å²) in [7, 11) is 0. The fraction of sp³-hybridized carbons (Fsp3) is 0.0625. The molecule has 0 radical (unpaired) electrons. The quantitative estimate of drug-likeness (QED) is 0.740. The Morgan fingerprint density at radius 3 is 2.27 bits per heavy atom. The van der Waals surface area contributed by atoms with Gasteiger partial charge in [-0.15, -0.1) is 0 Å². The Labute approximate surface area is 133 Å². The van der Waals surface area contributed by atoms with Gasteiger partial charge in [0, 0.05) is 10.0 Å². The van der Waals surface area contributed by atoms with E-state index in [2.05, 4.69) is 21.1 Å². The summed E-state index contributed by atoms with van der Waals surface area (Å²) < 4.78 is 33.9. The van der Waals surface area contributed by atoms with Crippen molar-refractivity contribution in [3.8, 4) is 22.6 Å². The molecular weight excluding hydrogens is 356 g/mol. The number of rotatable bonds is 3. The van der Waals surface area contributed by atoms with Gasteiger partial charge < -0.3 is 9.63 Å². The van der Waals surface area contributed by atoms with Crippen LogP contribution in [-0.2, 0) is 6.61 Å². The van der Waals surface area contributed by atoms with E-state index in [1.807, 2.05) is 0 Å². The Bertz CT molecular complexity index is 795. The normalized spacial score (nSPS) is 10.9. The standard InChI is InChI=1S/C16H10BrF2NO2/c17-10-6-4-9(5-7-10)16-11(8-21)15(20-22-16)14-12(18)2-1-3-13(14)19/h1-7,21H,8H2. The summed E-state index contributed by atoms with van der Waals surface area (Å²) in [5.74, 6) is -1.23. The van der Waals surface area contributed by atoms with Gasteiger partial charge in [-0.3, -0.25) is 0 Å². The van der Waals surface area contributed by atoms with Crippen LogP contribution in [0.4, 0.5) is 8.78 Å². The van der Waals surface area contributed by atoms with Crippen molar-refractivity contribution in [1.82, 2.24) is 5.16 Å². The maximum atomic E-state index is 13.9. The van der Waals surface area contributed by atoms with Crippen LogP contribution in [0, 0.1) is 11.6 Å². The molecule has 3 nitrogen and oxygen atoms in total. The second-order valence-electron chi connectivity index (χ2n) is 4.60. The van der Waals surface area contributed by atoms with E-state index in [9.17, 15) is 13.9 Å². The van der Waals surface area contributed by atoms with Gasteiger partial charge in [0.2, 0.25) is 0 Å². The summed E-state index contributed by atoms with van der Waals surface area (Å²) in [5.41, 5.74) is 0.559. The lowest BCUT2D eigenvalue weighted by Gasteiger charge is -2.04. The molecule has 0 atom stereocenters. The van der Waals surface area contributed by atoms with Crippen molar-refractivity contribution >= 4 is 15.9 Å². The minimum atomic E-state index is -0.759. The molecule has 0 unspecified atom stereocenters. The molecule has 0 aliphatic rings. The van der Waals surface area contributed by atoms with Gasteiger partial charge in [-0.05, 0) is 24.3 Å². The average Bonchev–Trinajstić information content (AvgIpc) is 2.91. The smallest absolute Gasteiger partial charge is 0.173 e. The van der Waals surface area contributed by atoms with Crippen molar-refractivity contribution in [2.24, 2.45) is 0 Å². The van der Waals surface area contributed by atoms with Gasteiger partial charge in [0.1, 0.15) is 17.3 Å². The number of benzene rings is 2. The molecule has 0 saturated heterocycles. The maximum Gasteiger partial charge on any atom is 0.173 e. The van der Waals surface area contributed by atoms with Gasteiger partial charge in [-0.25, -0.2) is 8.78 Å². The van der Waals surface area contributed by atoms with Crippen molar-refractivity contribution in [2.45, 2.75) is 6.61 Å². The zero-order valence-corrected chi connectivity index (χ0v) is 12.8. The van der Waals surface area contributed by atoms with Crippen LogP contribution in [0.2, 0.25) is 0 Å². The Kier molecular flexibility index (Phi) is 4.04. The summed E-state index contributed by atoms with van der Waals surface area (Å²) in [6.07, 6.45) is 0. The Hall–Kier alpha value is -2.05. The predicted molar refractivity (Wildman–Crippen MR) is 80.9 cm³/mol. The van der Waals surface area contributed by atoms with Crippen LogP contribution >= 0.6 is 15.9 Å². The van der Waals surface area contributed by atoms with E-state index in [1.54, 1.807) is 24.3 Å². The third kappa shape index (κ3) is 2.55. The van der Waals surface area contributed by atoms with Gasteiger partial charge in [0.15, 0.2) is 5.76 Å². The molecule has 1 aromatic heterocycles. The van der Waals surface area contributed by atoms with Crippen LogP contribution in [0.25, 0.3) is 22.6 Å². The lowest BCUT2D eigenvalue weighted by Crippen LogP contribution is -1.94. The Balaban J connectivity index is 2.18. The lowest BCUT2D eigenvalue weighted by atomic mass is 10.0. The monoisotopic (exact) mass is 365 g/mol. The molecule has 1 N–H and O–H groups in total. The Morgan fingerprint density at radius 1 is 1.05 bits per heavy atom. The molecule has 3 aromatic rings. The first-order valence-electron chi connectivity index (χ1n) is 6.41. The van der Waals surface area contributed by atoms with Crippen molar-refractivity contribution in [3.63, 3.8) is 0 Å². The number of halogens is 3. The first-order chi connectivity index (χ1) is 10.6. The van der Waals surface area contributed by atoms with Crippen molar-refractivity contribution in [3.05, 3.63) is 64.1 Å². The van der Waals surface area contributed by atoms with E-state index in [4.69, 9.17) is 4.52 Å². The fourth-order valence-corrected chi connectivity index (χ4v) is 2.47. The zero-order valence-electron chi connectivity index (χ0n) is 11.2. The van der Waals surface area contributed by atoms with Crippen LogP contribution in [0.3, 0.4) is 0 Å². The molecule has 0 aliphatic carbocycles. The highest BCUT2D eigenvalue weighted by Gasteiger charge is 2.23. The molecular formula is C16H10BrF2NO2. The van der Waals surface area contributed by atoms with E-state index >= 15 is 0 Å². The topological polar surface area (TPSA) is 46.3 Å². The molecule has 0 spiro atoms. The van der Waals surface area contributed by atoms with E-state index in [1.165, 1.54) is 6.07 Å². The highest BCUT2D eigenvalue weighted by atomic mass is 79.9. The van der Waals surface area contributed by atoms with Gasteiger partial charge in [0.25, 0.3) is 0 Å². The fourth-order valence-electron chi connectivity index (χ4n) is 2.20. The maximum absolute atomic E-state index is 13.9. The number of hydrogen-bond acceptors (Lipinski definition) is 3. The molecule has 0 amide bonds. The van der Waals surface area contributed by atoms with E-state index in [0.717, 1.165) is 16.6 Å². The minimum Gasteiger partial charge on any atom is -0.391 e. The van der Waals surface area contributed by atoms with Gasteiger partial charge in [-0.2, -0.15) is 0 Å².